The SMILES string of the molecule is CCC(Cl)N/N=C1\C=CC(=O)C=C1Cl. The van der Waals surface area contributed by atoms with Gasteiger partial charge >= 0.3 is 0 Å². The largest absolute Gasteiger partial charge is 0.291 e. The summed E-state index contributed by atoms with van der Waals surface area (Å²) in [6.07, 6.45) is 5.03. The number of ketones is 1. The van der Waals surface area contributed by atoms with Crippen LogP contribution in [0.25, 0.3) is 0 Å². The first-order valence-electron chi connectivity index (χ1n) is 4.20. The van der Waals surface area contributed by atoms with Crippen molar-refractivity contribution in [2.24, 2.45) is 5.10 Å². The van der Waals surface area contributed by atoms with Gasteiger partial charge in [-0.2, -0.15) is 5.10 Å². The van der Waals surface area contributed by atoms with E-state index in [9.17, 15) is 4.79 Å². The van der Waals surface area contributed by atoms with Crippen molar-refractivity contribution < 1.29 is 4.79 Å². The monoisotopic (exact) mass is 232 g/mol. The van der Waals surface area contributed by atoms with E-state index in [1.807, 2.05) is 6.92 Å². The summed E-state index contributed by atoms with van der Waals surface area (Å²) in [7, 11) is 0. The maximum absolute atomic E-state index is 10.9. The molecule has 3 nitrogen and oxygen atoms in total. The molecule has 0 bridgehead atoms. The number of carbonyl (C=O) groups is 1. The lowest BCUT2D eigenvalue weighted by Crippen LogP contribution is -2.19. The first kappa shape index (κ1) is 11.3. The highest BCUT2D eigenvalue weighted by Crippen LogP contribution is 2.11. The van der Waals surface area contributed by atoms with Crippen LogP contribution in [0.2, 0.25) is 0 Å². The number of nitrogens with one attached hydrogen (secondary N) is 1. The van der Waals surface area contributed by atoms with Crippen molar-refractivity contribution >= 4 is 34.7 Å². The standard InChI is InChI=1S/C9H10Cl2N2O/c1-2-9(11)13-12-8-4-3-6(14)5-7(8)10/h3-5,9,13H,2H2,1H3/b12-8+. The van der Waals surface area contributed by atoms with Crippen LogP contribution in [-0.2, 0) is 4.79 Å². The van der Waals surface area contributed by atoms with E-state index in [-0.39, 0.29) is 11.3 Å². The van der Waals surface area contributed by atoms with Crippen LogP contribution >= 0.6 is 23.2 Å². The number of halogens is 2. The zero-order valence-corrected chi connectivity index (χ0v) is 9.14. The summed E-state index contributed by atoms with van der Waals surface area (Å²) in [6, 6.07) is 0. The molecule has 0 saturated heterocycles. The number of carbonyl (C=O) groups excluding carboxylic acids is 1. The minimum Gasteiger partial charge on any atom is -0.291 e. The van der Waals surface area contributed by atoms with E-state index in [0.717, 1.165) is 6.42 Å². The van der Waals surface area contributed by atoms with E-state index in [1.165, 1.54) is 12.2 Å². The molecule has 14 heavy (non-hydrogen) atoms. The molecular formula is C9H10Cl2N2O. The highest BCUT2D eigenvalue weighted by molar-refractivity contribution is 6.48. The fourth-order valence-corrected chi connectivity index (χ4v) is 1.07. The van der Waals surface area contributed by atoms with Crippen LogP contribution in [0.3, 0.4) is 0 Å². The molecule has 0 aromatic rings. The maximum Gasteiger partial charge on any atom is 0.180 e. The Balaban J connectivity index is 2.65. The molecule has 1 atom stereocenters. The summed E-state index contributed by atoms with van der Waals surface area (Å²) >= 11 is 11.6. The van der Waals surface area contributed by atoms with Crippen LogP contribution in [0.4, 0.5) is 0 Å². The molecule has 1 aliphatic carbocycles. The second-order valence-electron chi connectivity index (χ2n) is 2.73. The molecule has 0 aliphatic heterocycles. The fourth-order valence-electron chi connectivity index (χ4n) is 0.809. The number of hydrazone groups is 1. The lowest BCUT2D eigenvalue weighted by molar-refractivity contribution is -0.110. The van der Waals surface area contributed by atoms with Gasteiger partial charge in [-0.1, -0.05) is 30.1 Å². The van der Waals surface area contributed by atoms with Gasteiger partial charge in [-0.3, -0.25) is 10.2 Å². The summed E-state index contributed by atoms with van der Waals surface area (Å²) in [4.78, 5) is 10.9. The number of allylic oxidation sites excluding steroid dienone is 4. The van der Waals surface area contributed by atoms with Crippen molar-refractivity contribution in [3.05, 3.63) is 23.3 Å². The molecular weight excluding hydrogens is 223 g/mol. The first-order valence-corrected chi connectivity index (χ1v) is 5.02. The molecule has 0 saturated carbocycles. The molecule has 5 heteroatoms. The lowest BCUT2D eigenvalue weighted by Gasteiger charge is -2.08. The third kappa shape index (κ3) is 3.16. The van der Waals surface area contributed by atoms with Gasteiger partial charge in [-0.05, 0) is 18.6 Å². The molecule has 1 unspecified atom stereocenters. The van der Waals surface area contributed by atoms with Crippen molar-refractivity contribution in [1.29, 1.82) is 0 Å². The number of hydrogen-bond acceptors (Lipinski definition) is 3. The molecule has 0 radical (unpaired) electrons. The van der Waals surface area contributed by atoms with Gasteiger partial charge in [-0.25, -0.2) is 0 Å². The van der Waals surface area contributed by atoms with Crippen LogP contribution in [0.1, 0.15) is 13.3 Å². The molecule has 0 aromatic heterocycles. The zero-order valence-electron chi connectivity index (χ0n) is 7.63. The van der Waals surface area contributed by atoms with Gasteiger partial charge in [0.05, 0.1) is 5.03 Å². The van der Waals surface area contributed by atoms with Crippen molar-refractivity contribution in [3.8, 4) is 0 Å². The molecule has 0 heterocycles. The van der Waals surface area contributed by atoms with E-state index in [1.54, 1.807) is 6.08 Å². The number of nitrogens with zero attached hydrogens (tertiary/aromatic N) is 1. The second-order valence-corrected chi connectivity index (χ2v) is 3.66. The quantitative estimate of drug-likeness (QED) is 0.351. The van der Waals surface area contributed by atoms with Gasteiger partial charge in [0, 0.05) is 6.08 Å². The van der Waals surface area contributed by atoms with Gasteiger partial charge in [0.2, 0.25) is 0 Å². The summed E-state index contributed by atoms with van der Waals surface area (Å²) in [5, 5.41) is 4.29. The number of rotatable bonds is 3. The minimum absolute atomic E-state index is 0.133. The number of hydrogen-bond donors (Lipinski definition) is 1. The van der Waals surface area contributed by atoms with Crippen LogP contribution in [0.5, 0.6) is 0 Å². The molecule has 1 N–H and O–H groups in total. The Kier molecular flexibility index (Phi) is 4.17. The lowest BCUT2D eigenvalue weighted by atomic mass is 10.2. The van der Waals surface area contributed by atoms with Crippen LogP contribution in [0.15, 0.2) is 28.4 Å². The van der Waals surface area contributed by atoms with Gasteiger partial charge < -0.3 is 0 Å². The van der Waals surface area contributed by atoms with Crippen LogP contribution in [-0.4, -0.2) is 17.0 Å². The Labute approximate surface area is 92.5 Å². The Hall–Kier alpha value is -0.800. The fraction of sp³-hybridized carbons (Fsp3) is 0.333. The van der Waals surface area contributed by atoms with E-state index in [0.29, 0.717) is 10.7 Å². The minimum atomic E-state index is -0.224. The Morgan fingerprint density at radius 3 is 2.86 bits per heavy atom. The van der Waals surface area contributed by atoms with E-state index < -0.39 is 0 Å². The van der Waals surface area contributed by atoms with Crippen molar-refractivity contribution in [1.82, 2.24) is 5.43 Å². The molecule has 0 amide bonds. The molecule has 76 valence electrons. The van der Waals surface area contributed by atoms with Crippen LogP contribution in [0, 0.1) is 0 Å². The summed E-state index contributed by atoms with van der Waals surface area (Å²) in [5.41, 5.74) is 3.01. The van der Waals surface area contributed by atoms with Gasteiger partial charge in [0.25, 0.3) is 0 Å². The third-order valence-corrected chi connectivity index (χ3v) is 2.31. The maximum atomic E-state index is 10.9. The Bertz CT molecular complexity index is 321. The van der Waals surface area contributed by atoms with Gasteiger partial charge in [-0.15, -0.1) is 0 Å². The first-order chi connectivity index (χ1) is 6.63. The molecule has 1 rings (SSSR count). The second kappa shape index (κ2) is 5.17. The van der Waals surface area contributed by atoms with E-state index >= 15 is 0 Å². The average Bonchev–Trinajstić information content (AvgIpc) is 2.16. The van der Waals surface area contributed by atoms with Gasteiger partial charge in [0.1, 0.15) is 11.2 Å². The van der Waals surface area contributed by atoms with Crippen molar-refractivity contribution in [2.75, 3.05) is 0 Å². The predicted octanol–water partition coefficient (Wildman–Crippen LogP) is 2.17. The zero-order chi connectivity index (χ0) is 10.6. The van der Waals surface area contributed by atoms with E-state index in [2.05, 4.69) is 10.5 Å². The molecule has 0 aromatic carbocycles. The van der Waals surface area contributed by atoms with Crippen molar-refractivity contribution in [3.63, 3.8) is 0 Å². The normalized spacial score (nSPS) is 20.9. The molecule has 0 fully saturated rings. The third-order valence-electron chi connectivity index (χ3n) is 1.60. The highest BCUT2D eigenvalue weighted by atomic mass is 35.5. The van der Waals surface area contributed by atoms with Crippen molar-refractivity contribution in [2.45, 2.75) is 18.8 Å². The summed E-state index contributed by atoms with van der Waals surface area (Å²) in [6.45, 7) is 1.93. The van der Waals surface area contributed by atoms with Crippen LogP contribution < -0.4 is 5.43 Å². The number of alkyl halides is 1. The topological polar surface area (TPSA) is 41.5 Å². The summed E-state index contributed by atoms with van der Waals surface area (Å²) < 4.78 is 0. The predicted molar refractivity (Wildman–Crippen MR) is 58.6 cm³/mol. The van der Waals surface area contributed by atoms with E-state index in [4.69, 9.17) is 23.2 Å². The Morgan fingerprint density at radius 1 is 1.57 bits per heavy atom. The smallest absolute Gasteiger partial charge is 0.180 e. The highest BCUT2D eigenvalue weighted by Gasteiger charge is 2.09. The van der Waals surface area contributed by atoms with Gasteiger partial charge in [0.15, 0.2) is 5.78 Å². The average molecular weight is 233 g/mol. The molecule has 0 spiro atoms. The summed E-state index contributed by atoms with van der Waals surface area (Å²) in [5.74, 6) is -0.133. The molecule has 1 aliphatic rings. The Morgan fingerprint density at radius 2 is 2.29 bits per heavy atom.